The van der Waals surface area contributed by atoms with Crippen molar-refractivity contribution in [1.29, 1.82) is 5.26 Å². The Bertz CT molecular complexity index is 1140. The molecule has 0 saturated carbocycles. The molecule has 0 atom stereocenters. The third kappa shape index (κ3) is 2.69. The summed E-state index contributed by atoms with van der Waals surface area (Å²) in [5.41, 5.74) is 5.93. The van der Waals surface area contributed by atoms with Crippen LogP contribution in [0.5, 0.6) is 0 Å². The summed E-state index contributed by atoms with van der Waals surface area (Å²) in [5.74, 6) is 0. The fraction of sp³-hybridized carbons (Fsp3) is 0.0952. The van der Waals surface area contributed by atoms with Crippen LogP contribution in [0.25, 0.3) is 27.9 Å². The molecule has 0 aliphatic rings. The van der Waals surface area contributed by atoms with Gasteiger partial charge in [0, 0.05) is 39.3 Å². The van der Waals surface area contributed by atoms with Gasteiger partial charge in [-0.25, -0.2) is 4.52 Å². The monoisotopic (exact) mass is 402 g/mol. The molecule has 4 nitrogen and oxygen atoms in total. The number of aryl methyl sites for hydroxylation is 1. The molecule has 1 aromatic carbocycles. The van der Waals surface area contributed by atoms with Crippen LogP contribution in [0.2, 0.25) is 0 Å². The predicted octanol–water partition coefficient (Wildman–Crippen LogP) is 5.26. The first kappa shape index (κ1) is 16.5. The summed E-state index contributed by atoms with van der Waals surface area (Å²) >= 11 is 3.48. The lowest BCUT2D eigenvalue weighted by atomic mass is 9.97. The normalized spacial score (nSPS) is 10.8. The predicted molar refractivity (Wildman–Crippen MR) is 106 cm³/mol. The van der Waals surface area contributed by atoms with Gasteiger partial charge in [0.1, 0.15) is 11.8 Å². The fourth-order valence-electron chi connectivity index (χ4n) is 3.19. The van der Waals surface area contributed by atoms with E-state index in [4.69, 9.17) is 5.10 Å². The maximum Gasteiger partial charge on any atom is 0.110 e. The van der Waals surface area contributed by atoms with E-state index in [1.165, 1.54) is 0 Å². The maximum atomic E-state index is 9.98. The van der Waals surface area contributed by atoms with E-state index in [0.29, 0.717) is 11.3 Å². The molecule has 3 aromatic heterocycles. The van der Waals surface area contributed by atoms with Gasteiger partial charge in [-0.1, -0.05) is 37.3 Å². The third-order valence-electron chi connectivity index (χ3n) is 4.39. The highest BCUT2D eigenvalue weighted by Crippen LogP contribution is 2.35. The molecule has 126 valence electrons. The van der Waals surface area contributed by atoms with Crippen LogP contribution in [0.15, 0.2) is 65.4 Å². The van der Waals surface area contributed by atoms with Crippen LogP contribution in [-0.4, -0.2) is 14.6 Å². The van der Waals surface area contributed by atoms with Crippen LogP contribution in [0.3, 0.4) is 0 Å². The number of aromatic nitrogens is 3. The summed E-state index contributed by atoms with van der Waals surface area (Å²) in [4.78, 5) is 4.29. The van der Waals surface area contributed by atoms with E-state index in [1.54, 1.807) is 12.4 Å². The number of hydrogen-bond donors (Lipinski definition) is 0. The molecule has 0 amide bonds. The second-order valence-electron chi connectivity index (χ2n) is 5.94. The zero-order chi connectivity index (χ0) is 18.1. The van der Waals surface area contributed by atoms with Crippen molar-refractivity contribution in [2.75, 3.05) is 0 Å². The first-order valence-corrected chi connectivity index (χ1v) is 9.13. The lowest BCUT2D eigenvalue weighted by molar-refractivity contribution is 0.864. The largest absolute Gasteiger partial charge is 0.263 e. The van der Waals surface area contributed by atoms with Crippen LogP contribution < -0.4 is 0 Å². The average Bonchev–Trinajstić information content (AvgIpc) is 3.09. The van der Waals surface area contributed by atoms with Crippen molar-refractivity contribution in [3.63, 3.8) is 0 Å². The standard InChI is InChI=1S/C21H15BrN4/c1-2-17-8-9-19-20(15-10-16(22)13-24-12-15)18(11-23)21(25-26(17)19)14-6-4-3-5-7-14/h3-10,12-13H,2H2,1H3. The highest BCUT2D eigenvalue weighted by Gasteiger charge is 2.20. The number of benzene rings is 1. The maximum absolute atomic E-state index is 9.98. The summed E-state index contributed by atoms with van der Waals surface area (Å²) in [6, 6.07) is 18.3. The molecule has 0 radical (unpaired) electrons. The average molecular weight is 403 g/mol. The molecule has 0 bridgehead atoms. The quantitative estimate of drug-likeness (QED) is 0.469. The Morgan fingerprint density at radius 3 is 2.58 bits per heavy atom. The topological polar surface area (TPSA) is 54.0 Å². The summed E-state index contributed by atoms with van der Waals surface area (Å²) in [5, 5.41) is 14.8. The Hall–Kier alpha value is -2.97. The van der Waals surface area contributed by atoms with Crippen molar-refractivity contribution in [2.45, 2.75) is 13.3 Å². The van der Waals surface area contributed by atoms with E-state index in [9.17, 15) is 5.26 Å². The molecule has 0 spiro atoms. The number of pyridine rings is 1. The minimum Gasteiger partial charge on any atom is -0.263 e. The Balaban J connectivity index is 2.15. The minimum absolute atomic E-state index is 0.560. The van der Waals surface area contributed by atoms with E-state index in [1.807, 2.05) is 47.0 Å². The Kier molecular flexibility index (Phi) is 4.27. The molecule has 0 aliphatic heterocycles. The summed E-state index contributed by atoms with van der Waals surface area (Å²) in [6.45, 7) is 2.10. The van der Waals surface area contributed by atoms with Crippen LogP contribution in [-0.2, 0) is 6.42 Å². The molecule has 26 heavy (non-hydrogen) atoms. The lowest BCUT2D eigenvalue weighted by Crippen LogP contribution is -2.04. The van der Waals surface area contributed by atoms with Crippen molar-refractivity contribution >= 4 is 21.4 Å². The van der Waals surface area contributed by atoms with Crippen molar-refractivity contribution in [1.82, 2.24) is 14.6 Å². The highest BCUT2D eigenvalue weighted by atomic mass is 79.9. The Labute approximate surface area is 159 Å². The molecule has 0 fully saturated rings. The Morgan fingerprint density at radius 2 is 1.88 bits per heavy atom. The van der Waals surface area contributed by atoms with Crippen LogP contribution in [0.4, 0.5) is 0 Å². The molecule has 0 saturated heterocycles. The molecule has 0 unspecified atom stereocenters. The zero-order valence-electron chi connectivity index (χ0n) is 14.1. The molecule has 0 N–H and O–H groups in total. The number of fused-ring (bicyclic) bond motifs is 1. The van der Waals surface area contributed by atoms with E-state index >= 15 is 0 Å². The summed E-state index contributed by atoms with van der Waals surface area (Å²) in [6.07, 6.45) is 4.38. The smallest absolute Gasteiger partial charge is 0.110 e. The van der Waals surface area contributed by atoms with Gasteiger partial charge < -0.3 is 0 Å². The van der Waals surface area contributed by atoms with Gasteiger partial charge >= 0.3 is 0 Å². The molecular weight excluding hydrogens is 388 g/mol. The molecule has 5 heteroatoms. The van der Waals surface area contributed by atoms with Gasteiger partial charge in [-0.05, 0) is 40.5 Å². The Morgan fingerprint density at radius 1 is 1.08 bits per heavy atom. The van der Waals surface area contributed by atoms with Crippen LogP contribution >= 0.6 is 15.9 Å². The zero-order valence-corrected chi connectivity index (χ0v) is 15.7. The molecule has 4 rings (SSSR count). The van der Waals surface area contributed by atoms with Crippen LogP contribution in [0, 0.1) is 11.3 Å². The van der Waals surface area contributed by atoms with Gasteiger partial charge in [-0.15, -0.1) is 0 Å². The van der Waals surface area contributed by atoms with Gasteiger partial charge in [0.25, 0.3) is 0 Å². The third-order valence-corrected chi connectivity index (χ3v) is 4.83. The molecule has 0 aliphatic carbocycles. The summed E-state index contributed by atoms with van der Waals surface area (Å²) < 4.78 is 2.82. The first-order valence-electron chi connectivity index (χ1n) is 8.34. The van der Waals surface area contributed by atoms with Gasteiger partial charge in [0.15, 0.2) is 0 Å². The highest BCUT2D eigenvalue weighted by molar-refractivity contribution is 9.10. The van der Waals surface area contributed by atoms with Crippen molar-refractivity contribution < 1.29 is 0 Å². The van der Waals surface area contributed by atoms with E-state index < -0.39 is 0 Å². The number of halogens is 1. The van der Waals surface area contributed by atoms with E-state index in [2.05, 4.69) is 40.0 Å². The second-order valence-corrected chi connectivity index (χ2v) is 6.86. The molecule has 3 heterocycles. The van der Waals surface area contributed by atoms with Gasteiger partial charge in [0.2, 0.25) is 0 Å². The van der Waals surface area contributed by atoms with Gasteiger partial charge in [0.05, 0.1) is 11.1 Å². The van der Waals surface area contributed by atoms with Crippen LogP contribution in [0.1, 0.15) is 18.2 Å². The van der Waals surface area contributed by atoms with E-state index in [-0.39, 0.29) is 0 Å². The van der Waals surface area contributed by atoms with Crippen molar-refractivity contribution in [3.05, 3.63) is 76.7 Å². The number of hydrogen-bond acceptors (Lipinski definition) is 3. The van der Waals surface area contributed by atoms with Gasteiger partial charge in [-0.2, -0.15) is 10.4 Å². The second kappa shape index (κ2) is 6.74. The van der Waals surface area contributed by atoms with Crippen molar-refractivity contribution in [2.24, 2.45) is 0 Å². The van der Waals surface area contributed by atoms with E-state index in [0.717, 1.165) is 38.8 Å². The van der Waals surface area contributed by atoms with Crippen molar-refractivity contribution in [3.8, 4) is 28.5 Å². The summed E-state index contributed by atoms with van der Waals surface area (Å²) in [7, 11) is 0. The van der Waals surface area contributed by atoms with Gasteiger partial charge in [-0.3, -0.25) is 4.98 Å². The molecular formula is C21H15BrN4. The first-order chi connectivity index (χ1) is 12.7. The molecule has 4 aromatic rings. The number of nitriles is 1. The fourth-order valence-corrected chi connectivity index (χ4v) is 3.56. The SMILES string of the molecule is CCc1ccc2c(-c3cncc(Br)c3)c(C#N)c(-c3ccccc3)nn12. The number of rotatable bonds is 3. The lowest BCUT2D eigenvalue weighted by Gasteiger charge is -2.13. The minimum atomic E-state index is 0.560. The number of nitrogens with zero attached hydrogens (tertiary/aromatic N) is 4.